The number of benzene rings is 1. The third kappa shape index (κ3) is 5.85. The molecule has 1 aliphatic heterocycles. The van der Waals surface area contributed by atoms with Gasteiger partial charge >= 0.3 is 0 Å². The minimum absolute atomic E-state index is 0.213. The number of nitrogens with one attached hydrogen (secondary N) is 1. The quantitative estimate of drug-likeness (QED) is 0.394. The fraction of sp³-hybridized carbons (Fsp3) is 0.636. The Bertz CT molecular complexity index is 684. The number of rotatable bonds is 8. The molecule has 3 N–H and O–H groups in total. The maximum Gasteiger partial charge on any atom is 0.189 e. The Morgan fingerprint density at radius 2 is 2.03 bits per heavy atom. The number of guanidine groups is 1. The summed E-state index contributed by atoms with van der Waals surface area (Å²) < 4.78 is 11.7. The van der Waals surface area contributed by atoms with Crippen LogP contribution < -0.4 is 20.7 Å². The topological polar surface area (TPSA) is 89.2 Å². The Hall–Kier alpha value is -2.28. The van der Waals surface area contributed by atoms with Crippen molar-refractivity contribution in [2.24, 2.45) is 16.6 Å². The molecule has 2 fully saturated rings. The molecule has 1 unspecified atom stereocenters. The first-order valence-corrected chi connectivity index (χ1v) is 10.7. The van der Waals surface area contributed by atoms with Crippen LogP contribution in [0, 0.1) is 5.92 Å². The Labute approximate surface area is 173 Å². The van der Waals surface area contributed by atoms with Gasteiger partial charge in [0.25, 0.3) is 0 Å². The third-order valence-corrected chi connectivity index (χ3v) is 5.92. The second-order valence-corrected chi connectivity index (χ2v) is 8.07. The molecule has 160 valence electrons. The fourth-order valence-electron chi connectivity index (χ4n) is 4.33. The highest BCUT2D eigenvalue weighted by molar-refractivity contribution is 5.83. The number of para-hydroxylation sites is 2. The van der Waals surface area contributed by atoms with Crippen molar-refractivity contribution in [1.82, 2.24) is 5.32 Å². The standard InChI is InChI=1S/C22H34N4O3/c1-24-21(23)25-22(16-27,15-18-7-3-2-4-8-18)17-29-20-10-6-5-9-19(20)26-11-13-28-14-12-26/h5-6,9-10,16,18H,2-4,7-8,11-15,17H2,1H3,(H3,23,24,25). The number of carbonyl (C=O) groups excluding carboxylic acids is 1. The molecule has 0 aromatic heterocycles. The monoisotopic (exact) mass is 402 g/mol. The molecule has 0 spiro atoms. The molecule has 3 rings (SSSR count). The highest BCUT2D eigenvalue weighted by atomic mass is 16.5. The first-order valence-electron chi connectivity index (χ1n) is 10.7. The summed E-state index contributed by atoms with van der Waals surface area (Å²) in [5.41, 5.74) is 6.11. The van der Waals surface area contributed by atoms with E-state index in [1.54, 1.807) is 7.05 Å². The Morgan fingerprint density at radius 3 is 2.72 bits per heavy atom. The lowest BCUT2D eigenvalue weighted by Gasteiger charge is -2.35. The van der Waals surface area contributed by atoms with Crippen LogP contribution in [0.5, 0.6) is 5.75 Å². The molecule has 7 nitrogen and oxygen atoms in total. The average molecular weight is 403 g/mol. The average Bonchev–Trinajstić information content (AvgIpc) is 2.79. The van der Waals surface area contributed by atoms with Crippen molar-refractivity contribution in [2.75, 3.05) is 44.9 Å². The molecule has 1 atom stereocenters. The molecule has 7 heteroatoms. The number of nitrogens with two attached hydrogens (primary N) is 1. The van der Waals surface area contributed by atoms with Crippen molar-refractivity contribution >= 4 is 17.9 Å². The van der Waals surface area contributed by atoms with E-state index in [9.17, 15) is 4.79 Å². The van der Waals surface area contributed by atoms with E-state index in [2.05, 4.69) is 21.3 Å². The van der Waals surface area contributed by atoms with Gasteiger partial charge < -0.3 is 30.2 Å². The van der Waals surface area contributed by atoms with Crippen molar-refractivity contribution in [3.8, 4) is 5.75 Å². The molecule has 0 bridgehead atoms. The number of carbonyl (C=O) groups is 1. The zero-order valence-corrected chi connectivity index (χ0v) is 17.4. The lowest BCUT2D eigenvalue weighted by atomic mass is 9.80. The Balaban J connectivity index is 1.76. The largest absolute Gasteiger partial charge is 0.488 e. The summed E-state index contributed by atoms with van der Waals surface area (Å²) in [6.45, 7) is 3.28. The third-order valence-electron chi connectivity index (χ3n) is 5.92. The second kappa shape index (κ2) is 10.5. The van der Waals surface area contributed by atoms with Gasteiger partial charge in [-0.05, 0) is 24.5 Å². The highest BCUT2D eigenvalue weighted by Gasteiger charge is 2.35. The van der Waals surface area contributed by atoms with Gasteiger partial charge in [-0.2, -0.15) is 0 Å². The fourth-order valence-corrected chi connectivity index (χ4v) is 4.33. The molecule has 0 amide bonds. The van der Waals surface area contributed by atoms with Gasteiger partial charge in [-0.25, -0.2) is 0 Å². The zero-order chi connectivity index (χ0) is 20.5. The number of morpholine rings is 1. The van der Waals surface area contributed by atoms with Gasteiger partial charge in [-0.15, -0.1) is 0 Å². The molecule has 1 aliphatic carbocycles. The molecule has 1 saturated heterocycles. The van der Waals surface area contributed by atoms with Crippen molar-refractivity contribution in [3.05, 3.63) is 24.3 Å². The van der Waals surface area contributed by atoms with E-state index in [0.29, 0.717) is 25.6 Å². The van der Waals surface area contributed by atoms with Gasteiger partial charge in [-0.1, -0.05) is 44.2 Å². The van der Waals surface area contributed by atoms with Crippen LogP contribution in [0.2, 0.25) is 0 Å². The number of nitrogens with zero attached hydrogens (tertiary/aromatic N) is 2. The summed E-state index contributed by atoms with van der Waals surface area (Å²) in [5.74, 6) is 1.53. The molecule has 2 aliphatic rings. The molecular formula is C22H34N4O3. The van der Waals surface area contributed by atoms with Gasteiger partial charge in [0, 0.05) is 20.1 Å². The lowest BCUT2D eigenvalue weighted by Crippen LogP contribution is -2.57. The molecule has 0 radical (unpaired) electrons. The molecule has 1 heterocycles. The second-order valence-electron chi connectivity index (χ2n) is 8.07. The SMILES string of the molecule is CN=C(N)NC(C=O)(COc1ccccc1N1CCOCC1)CC1CCCCC1. The number of hydrogen-bond donors (Lipinski definition) is 2. The lowest BCUT2D eigenvalue weighted by molar-refractivity contribution is -0.114. The van der Waals surface area contributed by atoms with Crippen LogP contribution in [0.25, 0.3) is 0 Å². The smallest absolute Gasteiger partial charge is 0.189 e. The van der Waals surface area contributed by atoms with Crippen LogP contribution in [0.15, 0.2) is 29.3 Å². The van der Waals surface area contributed by atoms with Gasteiger partial charge in [0.2, 0.25) is 0 Å². The van der Waals surface area contributed by atoms with Crippen LogP contribution >= 0.6 is 0 Å². The molecular weight excluding hydrogens is 368 g/mol. The van der Waals surface area contributed by atoms with E-state index < -0.39 is 5.54 Å². The molecule has 1 aromatic rings. The maximum absolute atomic E-state index is 12.3. The van der Waals surface area contributed by atoms with Crippen LogP contribution in [0.1, 0.15) is 38.5 Å². The van der Waals surface area contributed by atoms with E-state index in [0.717, 1.165) is 43.7 Å². The first kappa shape index (κ1) is 21.4. The minimum atomic E-state index is -0.885. The number of aliphatic imine (C=N–C) groups is 1. The molecule has 29 heavy (non-hydrogen) atoms. The number of aldehydes is 1. The van der Waals surface area contributed by atoms with Crippen molar-refractivity contribution < 1.29 is 14.3 Å². The summed E-state index contributed by atoms with van der Waals surface area (Å²) in [6, 6.07) is 7.98. The Morgan fingerprint density at radius 1 is 1.31 bits per heavy atom. The summed E-state index contributed by atoms with van der Waals surface area (Å²) in [7, 11) is 1.62. The van der Waals surface area contributed by atoms with E-state index in [1.807, 2.05) is 18.2 Å². The Kier molecular flexibility index (Phi) is 7.75. The normalized spacial score (nSPS) is 20.7. The summed E-state index contributed by atoms with van der Waals surface area (Å²) in [4.78, 5) is 18.5. The number of anilines is 1. The van der Waals surface area contributed by atoms with E-state index >= 15 is 0 Å². The summed E-state index contributed by atoms with van der Waals surface area (Å²) in [6.07, 6.45) is 7.66. The first-order chi connectivity index (χ1) is 14.2. The van der Waals surface area contributed by atoms with Gasteiger partial charge in [-0.3, -0.25) is 4.99 Å². The van der Waals surface area contributed by atoms with E-state index in [-0.39, 0.29) is 12.6 Å². The van der Waals surface area contributed by atoms with E-state index in [1.165, 1.54) is 19.3 Å². The minimum Gasteiger partial charge on any atom is -0.488 e. The predicted molar refractivity (Wildman–Crippen MR) is 116 cm³/mol. The summed E-state index contributed by atoms with van der Waals surface area (Å²) >= 11 is 0. The number of hydrogen-bond acceptors (Lipinski definition) is 5. The molecule has 1 saturated carbocycles. The van der Waals surface area contributed by atoms with E-state index in [4.69, 9.17) is 15.2 Å². The van der Waals surface area contributed by atoms with Crippen molar-refractivity contribution in [2.45, 2.75) is 44.1 Å². The van der Waals surface area contributed by atoms with Crippen LogP contribution in [0.3, 0.4) is 0 Å². The zero-order valence-electron chi connectivity index (χ0n) is 17.4. The predicted octanol–water partition coefficient (Wildman–Crippen LogP) is 2.34. The van der Waals surface area contributed by atoms with Crippen LogP contribution in [0.4, 0.5) is 5.69 Å². The van der Waals surface area contributed by atoms with Crippen LogP contribution in [-0.2, 0) is 9.53 Å². The van der Waals surface area contributed by atoms with Gasteiger partial charge in [0.15, 0.2) is 5.96 Å². The van der Waals surface area contributed by atoms with Gasteiger partial charge in [0.1, 0.15) is 24.2 Å². The maximum atomic E-state index is 12.3. The van der Waals surface area contributed by atoms with Crippen LogP contribution in [-0.4, -0.2) is 57.7 Å². The van der Waals surface area contributed by atoms with Crippen molar-refractivity contribution in [3.63, 3.8) is 0 Å². The van der Waals surface area contributed by atoms with Crippen molar-refractivity contribution in [1.29, 1.82) is 0 Å². The number of ether oxygens (including phenoxy) is 2. The van der Waals surface area contributed by atoms with Gasteiger partial charge in [0.05, 0.1) is 18.9 Å². The highest BCUT2D eigenvalue weighted by Crippen LogP contribution is 2.33. The molecule has 1 aromatic carbocycles. The summed E-state index contributed by atoms with van der Waals surface area (Å²) in [5, 5.41) is 3.15.